The van der Waals surface area contributed by atoms with E-state index in [1.807, 2.05) is 60.0 Å². The quantitative estimate of drug-likeness (QED) is 0.459. The minimum absolute atomic E-state index is 0.108. The van der Waals surface area contributed by atoms with Crippen molar-refractivity contribution in [1.29, 1.82) is 0 Å². The van der Waals surface area contributed by atoms with Gasteiger partial charge in [0.15, 0.2) is 0 Å². The van der Waals surface area contributed by atoms with E-state index in [0.717, 1.165) is 22.5 Å². The first kappa shape index (κ1) is 21.8. The van der Waals surface area contributed by atoms with E-state index < -0.39 is 10.0 Å². The number of aromatic nitrogens is 2. The summed E-state index contributed by atoms with van der Waals surface area (Å²) in [6.07, 6.45) is 2.85. The highest BCUT2D eigenvalue weighted by Gasteiger charge is 2.33. The number of fused-ring (bicyclic) bond motifs is 1. The van der Waals surface area contributed by atoms with Crippen LogP contribution in [0, 0.1) is 12.8 Å². The molecule has 0 unspecified atom stereocenters. The summed E-state index contributed by atoms with van der Waals surface area (Å²) in [6.45, 7) is 2.65. The third-order valence-corrected chi connectivity index (χ3v) is 9.32. The second-order valence-electron chi connectivity index (χ2n) is 8.16. The number of piperidine rings is 1. The van der Waals surface area contributed by atoms with Gasteiger partial charge in [-0.2, -0.15) is 4.31 Å². The second-order valence-corrected chi connectivity index (χ2v) is 11.3. The molecule has 0 saturated carbocycles. The van der Waals surface area contributed by atoms with Crippen molar-refractivity contribution in [3.63, 3.8) is 0 Å². The minimum Gasteiger partial charge on any atom is -0.310 e. The van der Waals surface area contributed by atoms with E-state index in [9.17, 15) is 13.2 Å². The molecule has 4 heterocycles. The van der Waals surface area contributed by atoms with Crippen molar-refractivity contribution in [2.24, 2.45) is 5.92 Å². The van der Waals surface area contributed by atoms with Gasteiger partial charge in [-0.05, 0) is 42.8 Å². The molecule has 9 heteroatoms. The molecule has 0 bridgehead atoms. The van der Waals surface area contributed by atoms with Crippen molar-refractivity contribution in [1.82, 2.24) is 13.7 Å². The standard InChI is InChI=1S/C24H24N4O3S2/c1-17-7-5-13-28-22(17)25-21(18-8-3-2-4-9-18)23(28)26-24(29)19-11-14-27(15-12-19)33(30,31)20-10-6-16-32-20/h2-10,13,16,19H,11-12,14-15H2,1H3,(H,26,29). The van der Waals surface area contributed by atoms with Crippen LogP contribution >= 0.6 is 11.3 Å². The molecule has 1 amide bonds. The zero-order chi connectivity index (χ0) is 23.0. The Hall–Kier alpha value is -3.01. The highest BCUT2D eigenvalue weighted by atomic mass is 32.2. The molecule has 170 valence electrons. The molecule has 3 aromatic heterocycles. The molecule has 5 rings (SSSR count). The van der Waals surface area contributed by atoms with E-state index in [-0.39, 0.29) is 11.8 Å². The first-order valence-corrected chi connectivity index (χ1v) is 13.1. The monoisotopic (exact) mass is 480 g/mol. The predicted octanol–water partition coefficient (Wildman–Crippen LogP) is 4.41. The number of anilines is 1. The van der Waals surface area contributed by atoms with Crippen LogP contribution in [0.25, 0.3) is 16.9 Å². The summed E-state index contributed by atoms with van der Waals surface area (Å²) in [4.78, 5) is 18.1. The highest BCUT2D eigenvalue weighted by Crippen LogP contribution is 2.32. The lowest BCUT2D eigenvalue weighted by atomic mass is 9.97. The summed E-state index contributed by atoms with van der Waals surface area (Å²) in [5.74, 6) is 0.265. The van der Waals surface area contributed by atoms with Gasteiger partial charge in [0.2, 0.25) is 5.91 Å². The number of hydrogen-bond donors (Lipinski definition) is 1. The molecule has 33 heavy (non-hydrogen) atoms. The van der Waals surface area contributed by atoms with Crippen LogP contribution in [0.3, 0.4) is 0 Å². The average molecular weight is 481 g/mol. The number of rotatable bonds is 5. The lowest BCUT2D eigenvalue weighted by Gasteiger charge is -2.30. The van der Waals surface area contributed by atoms with E-state index in [2.05, 4.69) is 5.32 Å². The van der Waals surface area contributed by atoms with Crippen LogP contribution in [0.2, 0.25) is 0 Å². The number of aryl methyl sites for hydroxylation is 1. The molecule has 1 fully saturated rings. The molecule has 0 radical (unpaired) electrons. The van der Waals surface area contributed by atoms with Crippen LogP contribution in [0.4, 0.5) is 5.82 Å². The molecule has 1 saturated heterocycles. The molecule has 4 aromatic rings. The Kier molecular flexibility index (Phi) is 5.77. The third-order valence-electron chi connectivity index (χ3n) is 6.05. The summed E-state index contributed by atoms with van der Waals surface area (Å²) >= 11 is 1.22. The zero-order valence-corrected chi connectivity index (χ0v) is 19.8. The molecule has 0 aliphatic carbocycles. The normalized spacial score (nSPS) is 15.7. The fourth-order valence-corrected chi connectivity index (χ4v) is 6.85. The van der Waals surface area contributed by atoms with Crippen LogP contribution in [-0.2, 0) is 14.8 Å². The van der Waals surface area contributed by atoms with Crippen LogP contribution in [0.5, 0.6) is 0 Å². The Balaban J connectivity index is 1.38. The number of thiophene rings is 1. The number of sulfonamides is 1. The van der Waals surface area contributed by atoms with Gasteiger partial charge in [-0.25, -0.2) is 13.4 Å². The molecule has 7 nitrogen and oxygen atoms in total. The van der Waals surface area contributed by atoms with Crippen molar-refractivity contribution in [2.75, 3.05) is 18.4 Å². The van der Waals surface area contributed by atoms with Crippen molar-refractivity contribution < 1.29 is 13.2 Å². The topological polar surface area (TPSA) is 83.8 Å². The van der Waals surface area contributed by atoms with E-state index in [4.69, 9.17) is 4.98 Å². The van der Waals surface area contributed by atoms with Gasteiger partial charge >= 0.3 is 0 Å². The number of carbonyl (C=O) groups excluding carboxylic acids is 1. The SMILES string of the molecule is Cc1cccn2c(NC(=O)C3CCN(S(=O)(=O)c4cccs4)CC3)c(-c3ccccc3)nc12. The van der Waals surface area contributed by atoms with Gasteiger partial charge in [0.05, 0.1) is 0 Å². The fraction of sp³-hybridized carbons (Fsp3) is 0.250. The lowest BCUT2D eigenvalue weighted by Crippen LogP contribution is -2.41. The summed E-state index contributed by atoms with van der Waals surface area (Å²) in [6, 6.07) is 17.1. The number of amides is 1. The molecule has 0 atom stereocenters. The fourth-order valence-electron chi connectivity index (χ4n) is 4.24. The number of hydrogen-bond acceptors (Lipinski definition) is 5. The summed E-state index contributed by atoms with van der Waals surface area (Å²) in [5, 5.41) is 4.86. The number of benzene rings is 1. The first-order valence-electron chi connectivity index (χ1n) is 10.8. The molecule has 1 aliphatic rings. The van der Waals surface area contributed by atoms with E-state index in [1.54, 1.807) is 17.5 Å². The molecular formula is C24H24N4O3S2. The number of pyridine rings is 1. The Morgan fingerprint density at radius 3 is 2.52 bits per heavy atom. The number of nitrogens with one attached hydrogen (secondary N) is 1. The molecular weight excluding hydrogens is 456 g/mol. The Morgan fingerprint density at radius 1 is 1.06 bits per heavy atom. The number of imidazole rings is 1. The van der Waals surface area contributed by atoms with Crippen LogP contribution in [0.1, 0.15) is 18.4 Å². The largest absolute Gasteiger partial charge is 0.310 e. The van der Waals surface area contributed by atoms with Gasteiger partial charge < -0.3 is 5.32 Å². The van der Waals surface area contributed by atoms with Gasteiger partial charge in [0.1, 0.15) is 21.4 Å². The first-order chi connectivity index (χ1) is 15.9. The Morgan fingerprint density at radius 2 is 1.82 bits per heavy atom. The predicted molar refractivity (Wildman–Crippen MR) is 130 cm³/mol. The highest BCUT2D eigenvalue weighted by molar-refractivity contribution is 7.91. The van der Waals surface area contributed by atoms with E-state index in [0.29, 0.717) is 36.0 Å². The zero-order valence-electron chi connectivity index (χ0n) is 18.1. The Bertz CT molecular complexity index is 1390. The number of nitrogens with zero attached hydrogens (tertiary/aromatic N) is 3. The van der Waals surface area contributed by atoms with Crippen molar-refractivity contribution >= 4 is 38.7 Å². The smallest absolute Gasteiger partial charge is 0.252 e. The maximum absolute atomic E-state index is 13.2. The molecule has 1 aliphatic heterocycles. The van der Waals surface area contributed by atoms with Gasteiger partial charge in [0.25, 0.3) is 10.0 Å². The Labute approximate surface area is 196 Å². The summed E-state index contributed by atoms with van der Waals surface area (Å²) in [7, 11) is -3.49. The molecule has 1 N–H and O–H groups in total. The molecule has 1 aromatic carbocycles. The van der Waals surface area contributed by atoms with Crippen LogP contribution in [0.15, 0.2) is 70.4 Å². The van der Waals surface area contributed by atoms with Crippen molar-refractivity contribution in [3.05, 3.63) is 71.7 Å². The maximum atomic E-state index is 13.2. The van der Waals surface area contributed by atoms with Crippen molar-refractivity contribution in [3.8, 4) is 11.3 Å². The maximum Gasteiger partial charge on any atom is 0.252 e. The van der Waals surface area contributed by atoms with Gasteiger partial charge in [0, 0.05) is 30.8 Å². The van der Waals surface area contributed by atoms with Crippen LogP contribution in [-0.4, -0.2) is 41.1 Å². The van der Waals surface area contributed by atoms with Crippen molar-refractivity contribution in [2.45, 2.75) is 24.0 Å². The third kappa shape index (κ3) is 4.07. The van der Waals surface area contributed by atoms with E-state index >= 15 is 0 Å². The van der Waals surface area contributed by atoms with Gasteiger partial charge in [-0.3, -0.25) is 9.20 Å². The number of carbonyl (C=O) groups is 1. The average Bonchev–Trinajstić information content (AvgIpc) is 3.50. The van der Waals surface area contributed by atoms with Crippen LogP contribution < -0.4 is 5.32 Å². The molecule has 0 spiro atoms. The van der Waals surface area contributed by atoms with Gasteiger partial charge in [-0.15, -0.1) is 11.3 Å². The second kappa shape index (κ2) is 8.74. The van der Waals surface area contributed by atoms with E-state index in [1.165, 1.54) is 15.6 Å². The summed E-state index contributed by atoms with van der Waals surface area (Å²) < 4.78 is 29.3. The lowest BCUT2D eigenvalue weighted by molar-refractivity contribution is -0.120. The minimum atomic E-state index is -3.49. The van der Waals surface area contributed by atoms with Gasteiger partial charge in [-0.1, -0.05) is 42.5 Å². The summed E-state index contributed by atoms with van der Waals surface area (Å²) in [5.41, 5.74) is 3.45.